The summed E-state index contributed by atoms with van der Waals surface area (Å²) in [5, 5.41) is 1.58. The number of fused-ring (bicyclic) bond motifs is 2. The van der Waals surface area contributed by atoms with E-state index in [1.165, 1.54) is 4.31 Å². The van der Waals surface area contributed by atoms with Gasteiger partial charge in [0.25, 0.3) is 0 Å². The first-order valence-corrected chi connectivity index (χ1v) is 10.1. The topological polar surface area (TPSA) is 63.4 Å². The van der Waals surface area contributed by atoms with Gasteiger partial charge in [0.15, 0.2) is 0 Å². The Kier molecular flexibility index (Phi) is 4.25. The number of hydrogen-bond donors (Lipinski definition) is 0. The van der Waals surface area contributed by atoms with Crippen LogP contribution in [0.25, 0.3) is 21.9 Å². The molecule has 0 aliphatic carbocycles. The smallest absolute Gasteiger partial charge is 0.244 e. The van der Waals surface area contributed by atoms with Gasteiger partial charge in [0.1, 0.15) is 11.3 Å². The third kappa shape index (κ3) is 2.91. The number of furan rings is 1. The summed E-state index contributed by atoms with van der Waals surface area (Å²) in [4.78, 5) is 4.60. The molecule has 0 bridgehead atoms. The van der Waals surface area contributed by atoms with Crippen LogP contribution in [0.4, 0.5) is 0 Å². The summed E-state index contributed by atoms with van der Waals surface area (Å²) >= 11 is 0. The molecule has 0 saturated carbocycles. The molecule has 4 rings (SSSR count). The minimum atomic E-state index is -3.73. The van der Waals surface area contributed by atoms with Crippen LogP contribution in [0.1, 0.15) is 24.3 Å². The number of aryl methyl sites for hydroxylation is 1. The fourth-order valence-corrected chi connectivity index (χ4v) is 4.78. The third-order valence-corrected chi connectivity index (χ3v) is 6.98. The lowest BCUT2D eigenvalue weighted by molar-refractivity contribution is 0.348. The summed E-state index contributed by atoms with van der Waals surface area (Å²) in [6, 6.07) is 16.1. The Balaban J connectivity index is 1.78. The Morgan fingerprint density at radius 2 is 1.85 bits per heavy atom. The second-order valence-corrected chi connectivity index (χ2v) is 8.63. The van der Waals surface area contributed by atoms with Crippen molar-refractivity contribution in [2.24, 2.45) is 0 Å². The molecule has 1 unspecified atom stereocenters. The summed E-state index contributed by atoms with van der Waals surface area (Å²) in [5.74, 6) is 0.608. The van der Waals surface area contributed by atoms with Gasteiger partial charge >= 0.3 is 0 Å². The van der Waals surface area contributed by atoms with Gasteiger partial charge in [0, 0.05) is 24.0 Å². The Morgan fingerprint density at radius 3 is 2.63 bits per heavy atom. The summed E-state index contributed by atoms with van der Waals surface area (Å²) in [6.07, 6.45) is 1.67. The molecule has 0 fully saturated rings. The van der Waals surface area contributed by atoms with Crippen molar-refractivity contribution in [2.45, 2.75) is 24.8 Å². The predicted molar refractivity (Wildman–Crippen MR) is 106 cm³/mol. The molecule has 0 saturated heterocycles. The molecule has 2 aromatic carbocycles. The Bertz CT molecular complexity index is 1210. The Hall–Kier alpha value is -2.70. The van der Waals surface area contributed by atoms with Gasteiger partial charge in [0.2, 0.25) is 10.0 Å². The number of rotatable bonds is 4. The van der Waals surface area contributed by atoms with Gasteiger partial charge in [0.05, 0.1) is 16.5 Å². The Labute approximate surface area is 158 Å². The van der Waals surface area contributed by atoms with Crippen LogP contribution in [0, 0.1) is 6.92 Å². The van der Waals surface area contributed by atoms with Gasteiger partial charge in [-0.1, -0.05) is 24.3 Å². The number of para-hydroxylation sites is 1. The summed E-state index contributed by atoms with van der Waals surface area (Å²) in [6.45, 7) is 3.75. The lowest BCUT2D eigenvalue weighted by Crippen LogP contribution is -2.29. The molecule has 6 heteroatoms. The molecule has 138 valence electrons. The predicted octanol–water partition coefficient (Wildman–Crippen LogP) is 4.67. The van der Waals surface area contributed by atoms with Crippen LogP contribution in [-0.2, 0) is 10.0 Å². The third-order valence-electron chi connectivity index (χ3n) is 4.99. The Morgan fingerprint density at radius 1 is 1.07 bits per heavy atom. The molecule has 2 heterocycles. The van der Waals surface area contributed by atoms with Gasteiger partial charge in [-0.3, -0.25) is 4.98 Å². The SMILES string of the molecule is Cc1ccc(S(=O)(=O)N(C)C(C)c2cc3ccccc3o2)c2cccnc12. The van der Waals surface area contributed by atoms with Crippen LogP contribution in [-0.4, -0.2) is 24.8 Å². The fourth-order valence-electron chi connectivity index (χ4n) is 3.26. The highest BCUT2D eigenvalue weighted by Gasteiger charge is 2.30. The molecule has 2 aromatic heterocycles. The van der Waals surface area contributed by atoms with E-state index in [0.29, 0.717) is 16.7 Å². The standard InChI is InChI=1S/C21H20N2O3S/c1-14-10-11-20(17-8-6-12-22-21(14)17)27(24,25)23(3)15(2)19-13-16-7-4-5-9-18(16)26-19/h4-13,15H,1-3H3. The zero-order valence-electron chi connectivity index (χ0n) is 15.4. The van der Waals surface area contributed by atoms with Gasteiger partial charge in [-0.05, 0) is 49.7 Å². The van der Waals surface area contributed by atoms with E-state index in [-0.39, 0.29) is 4.90 Å². The van der Waals surface area contributed by atoms with Crippen molar-refractivity contribution in [3.05, 3.63) is 72.1 Å². The van der Waals surface area contributed by atoms with Crippen LogP contribution < -0.4 is 0 Å². The first kappa shape index (κ1) is 17.7. The van der Waals surface area contributed by atoms with Crippen LogP contribution in [0.15, 0.2) is 70.1 Å². The molecular weight excluding hydrogens is 360 g/mol. The summed E-state index contributed by atoms with van der Waals surface area (Å²) < 4.78 is 33.9. The summed E-state index contributed by atoms with van der Waals surface area (Å²) in [5.41, 5.74) is 2.39. The molecule has 27 heavy (non-hydrogen) atoms. The average molecular weight is 380 g/mol. The highest BCUT2D eigenvalue weighted by molar-refractivity contribution is 7.89. The molecule has 4 aromatic rings. The quantitative estimate of drug-likeness (QED) is 0.516. The van der Waals surface area contributed by atoms with Crippen molar-refractivity contribution in [3.63, 3.8) is 0 Å². The monoisotopic (exact) mass is 380 g/mol. The zero-order valence-corrected chi connectivity index (χ0v) is 16.2. The zero-order chi connectivity index (χ0) is 19.2. The highest BCUT2D eigenvalue weighted by atomic mass is 32.2. The van der Waals surface area contributed by atoms with Crippen molar-refractivity contribution < 1.29 is 12.8 Å². The van der Waals surface area contributed by atoms with Crippen LogP contribution >= 0.6 is 0 Å². The lowest BCUT2D eigenvalue weighted by atomic mass is 10.1. The van der Waals surface area contributed by atoms with E-state index in [1.807, 2.05) is 44.2 Å². The van der Waals surface area contributed by atoms with Gasteiger partial charge < -0.3 is 4.42 Å². The normalized spacial score (nSPS) is 13.5. The van der Waals surface area contributed by atoms with E-state index >= 15 is 0 Å². The van der Waals surface area contributed by atoms with E-state index in [0.717, 1.165) is 16.5 Å². The van der Waals surface area contributed by atoms with Crippen LogP contribution in [0.3, 0.4) is 0 Å². The first-order chi connectivity index (χ1) is 12.9. The number of sulfonamides is 1. The van der Waals surface area contributed by atoms with Crippen molar-refractivity contribution in [1.82, 2.24) is 9.29 Å². The van der Waals surface area contributed by atoms with Crippen molar-refractivity contribution in [1.29, 1.82) is 0 Å². The lowest BCUT2D eigenvalue weighted by Gasteiger charge is -2.23. The number of hydrogen-bond acceptors (Lipinski definition) is 4. The maximum absolute atomic E-state index is 13.3. The van der Waals surface area contributed by atoms with E-state index in [2.05, 4.69) is 4.98 Å². The summed E-state index contributed by atoms with van der Waals surface area (Å²) in [7, 11) is -2.16. The molecule has 0 aliphatic heterocycles. The van der Waals surface area contributed by atoms with E-state index in [1.54, 1.807) is 37.5 Å². The maximum atomic E-state index is 13.3. The maximum Gasteiger partial charge on any atom is 0.244 e. The van der Waals surface area contributed by atoms with Crippen LogP contribution in [0.2, 0.25) is 0 Å². The van der Waals surface area contributed by atoms with E-state index in [4.69, 9.17) is 4.42 Å². The van der Waals surface area contributed by atoms with Crippen molar-refractivity contribution in [3.8, 4) is 0 Å². The second-order valence-electron chi connectivity index (χ2n) is 6.66. The molecule has 0 spiro atoms. The minimum absolute atomic E-state index is 0.252. The second kappa shape index (κ2) is 6.48. The number of pyridine rings is 1. The molecule has 0 aliphatic rings. The molecule has 0 amide bonds. The molecule has 1 atom stereocenters. The molecular formula is C21H20N2O3S. The minimum Gasteiger partial charge on any atom is -0.459 e. The molecule has 0 N–H and O–H groups in total. The molecule has 0 radical (unpaired) electrons. The van der Waals surface area contributed by atoms with Gasteiger partial charge in [-0.2, -0.15) is 4.31 Å². The highest BCUT2D eigenvalue weighted by Crippen LogP contribution is 2.32. The first-order valence-electron chi connectivity index (χ1n) is 8.70. The molecule has 5 nitrogen and oxygen atoms in total. The van der Waals surface area contributed by atoms with Crippen molar-refractivity contribution >= 4 is 31.9 Å². The largest absolute Gasteiger partial charge is 0.459 e. The van der Waals surface area contributed by atoms with Gasteiger partial charge in [-0.25, -0.2) is 8.42 Å². The van der Waals surface area contributed by atoms with E-state index in [9.17, 15) is 8.42 Å². The number of nitrogens with zero attached hydrogens (tertiary/aromatic N) is 2. The van der Waals surface area contributed by atoms with Crippen LogP contribution in [0.5, 0.6) is 0 Å². The number of aromatic nitrogens is 1. The fraction of sp³-hybridized carbons (Fsp3) is 0.190. The number of benzene rings is 2. The van der Waals surface area contributed by atoms with Gasteiger partial charge in [-0.15, -0.1) is 0 Å². The van der Waals surface area contributed by atoms with E-state index < -0.39 is 16.1 Å². The average Bonchev–Trinajstić information content (AvgIpc) is 3.11. The van der Waals surface area contributed by atoms with Crippen molar-refractivity contribution in [2.75, 3.05) is 7.05 Å².